The maximum Gasteiger partial charge on any atom is 0.328 e. The zero-order valence-corrected chi connectivity index (χ0v) is 22.0. The number of nitrogens with zero attached hydrogens (tertiary/aromatic N) is 4. The number of carbonyl (C=O) groups is 1. The van der Waals surface area contributed by atoms with E-state index in [-0.39, 0.29) is 11.3 Å². The van der Waals surface area contributed by atoms with Gasteiger partial charge in [0, 0.05) is 32.4 Å². The molecule has 8 heteroatoms. The number of amides is 1. The van der Waals surface area contributed by atoms with Gasteiger partial charge in [-0.2, -0.15) is 0 Å². The normalized spacial score (nSPS) is 11.4. The maximum atomic E-state index is 14.7. The summed E-state index contributed by atoms with van der Waals surface area (Å²) in [5.74, 6) is -0.287. The molecule has 0 aliphatic carbocycles. The highest BCUT2D eigenvalue weighted by Crippen LogP contribution is 2.34. The summed E-state index contributed by atoms with van der Waals surface area (Å²) >= 11 is 0. The van der Waals surface area contributed by atoms with Gasteiger partial charge in [0.2, 0.25) is 0 Å². The van der Waals surface area contributed by atoms with E-state index >= 15 is 0 Å². The number of rotatable bonds is 4. The fourth-order valence-electron chi connectivity index (χ4n) is 5.17. The number of imidazole rings is 2. The fraction of sp³-hybridized carbons (Fsp3) is 0.129. The van der Waals surface area contributed by atoms with Gasteiger partial charge in [-0.1, -0.05) is 36.4 Å². The Morgan fingerprint density at radius 1 is 0.846 bits per heavy atom. The second kappa shape index (κ2) is 9.09. The van der Waals surface area contributed by atoms with Gasteiger partial charge in [0.15, 0.2) is 0 Å². The van der Waals surface area contributed by atoms with E-state index in [4.69, 9.17) is 4.98 Å². The zero-order valence-electron chi connectivity index (χ0n) is 22.0. The van der Waals surface area contributed by atoms with Crippen LogP contribution in [0.25, 0.3) is 50.3 Å². The minimum absolute atomic E-state index is 0.000788. The first-order chi connectivity index (χ1) is 18.8. The van der Waals surface area contributed by atoms with Crippen molar-refractivity contribution in [2.24, 2.45) is 14.1 Å². The first-order valence-corrected chi connectivity index (χ1v) is 12.5. The van der Waals surface area contributed by atoms with Gasteiger partial charge < -0.3 is 5.32 Å². The predicted octanol–water partition coefficient (Wildman–Crippen LogP) is 5.36. The Balaban J connectivity index is 1.58. The molecule has 0 saturated carbocycles. The van der Waals surface area contributed by atoms with E-state index in [1.54, 1.807) is 29.3 Å². The van der Waals surface area contributed by atoms with Crippen molar-refractivity contribution < 1.29 is 9.18 Å². The molecule has 39 heavy (non-hydrogen) atoms. The molecule has 6 aromatic rings. The van der Waals surface area contributed by atoms with Gasteiger partial charge in [-0.3, -0.25) is 18.5 Å². The monoisotopic (exact) mass is 519 g/mol. The predicted molar refractivity (Wildman–Crippen MR) is 152 cm³/mol. The quantitative estimate of drug-likeness (QED) is 0.341. The summed E-state index contributed by atoms with van der Waals surface area (Å²) in [6, 6.07) is 24.4. The van der Waals surface area contributed by atoms with Crippen LogP contribution in [0.15, 0.2) is 83.7 Å². The number of nitrogens with one attached hydrogen (secondary N) is 1. The largest absolute Gasteiger partial charge is 0.355 e. The molecule has 2 aromatic heterocycles. The lowest BCUT2D eigenvalue weighted by molar-refractivity contribution is 0.0959. The van der Waals surface area contributed by atoms with Crippen LogP contribution < -0.4 is 11.0 Å². The van der Waals surface area contributed by atoms with Crippen LogP contribution in [0.4, 0.5) is 4.39 Å². The molecule has 1 N–H and O–H groups in total. The summed E-state index contributed by atoms with van der Waals surface area (Å²) in [6.07, 6.45) is 0. The highest BCUT2D eigenvalue weighted by Gasteiger charge is 2.19. The molecule has 2 heterocycles. The number of benzene rings is 4. The van der Waals surface area contributed by atoms with E-state index in [0.29, 0.717) is 5.56 Å². The Labute approximate surface area is 223 Å². The van der Waals surface area contributed by atoms with Crippen LogP contribution in [-0.2, 0) is 14.1 Å². The van der Waals surface area contributed by atoms with Crippen LogP contribution in [0.5, 0.6) is 0 Å². The van der Waals surface area contributed by atoms with Gasteiger partial charge in [-0.05, 0) is 66.1 Å². The van der Waals surface area contributed by atoms with Gasteiger partial charge in [0.05, 0.1) is 27.6 Å². The third-order valence-corrected chi connectivity index (χ3v) is 7.33. The zero-order chi connectivity index (χ0) is 27.4. The number of hydrogen-bond acceptors (Lipinski definition) is 3. The molecule has 7 nitrogen and oxygen atoms in total. The van der Waals surface area contributed by atoms with Crippen LogP contribution in [0.1, 0.15) is 15.9 Å². The molecule has 0 aliphatic heterocycles. The molecular formula is C31H26FN5O2. The highest BCUT2D eigenvalue weighted by molar-refractivity contribution is 5.95. The molecule has 0 radical (unpaired) electrons. The number of carbonyl (C=O) groups excluding carboxylic acids is 1. The molecule has 0 atom stereocenters. The third-order valence-electron chi connectivity index (χ3n) is 7.33. The van der Waals surface area contributed by atoms with Crippen molar-refractivity contribution in [3.63, 3.8) is 0 Å². The van der Waals surface area contributed by atoms with Crippen molar-refractivity contribution in [3.8, 4) is 28.2 Å². The lowest BCUT2D eigenvalue weighted by Gasteiger charge is -2.12. The summed E-state index contributed by atoms with van der Waals surface area (Å²) in [5, 5.41) is 2.46. The third kappa shape index (κ3) is 3.84. The van der Waals surface area contributed by atoms with E-state index in [0.717, 1.165) is 50.3 Å². The standard InChI is InChI=1S/C31H26FN5O2/c1-18-7-5-6-8-22(18)29-34-25-16-20(19-9-12-23(24(32)15-19)30(38)33-2)10-13-26(25)37(29)21-11-14-27-28(17-21)36(4)31(39)35(27)3/h5-17H,1-4H3,(H,33,38). The van der Waals surface area contributed by atoms with Crippen LogP contribution in [0.2, 0.25) is 0 Å². The number of halogens is 1. The molecule has 0 fully saturated rings. The average Bonchev–Trinajstić information content (AvgIpc) is 3.43. The first kappa shape index (κ1) is 24.4. The molecular weight excluding hydrogens is 493 g/mol. The first-order valence-electron chi connectivity index (χ1n) is 12.5. The Hall–Kier alpha value is -4.98. The van der Waals surface area contributed by atoms with Crippen molar-refractivity contribution in [2.45, 2.75) is 6.92 Å². The van der Waals surface area contributed by atoms with Gasteiger partial charge in [0.25, 0.3) is 5.91 Å². The lowest BCUT2D eigenvalue weighted by Crippen LogP contribution is -2.19. The number of aryl methyl sites for hydroxylation is 3. The van der Waals surface area contributed by atoms with Crippen molar-refractivity contribution >= 4 is 28.0 Å². The molecule has 0 aliphatic rings. The maximum absolute atomic E-state index is 14.7. The number of aromatic nitrogens is 4. The second-order valence-corrected chi connectivity index (χ2v) is 9.64. The van der Waals surface area contributed by atoms with E-state index < -0.39 is 11.7 Å². The van der Waals surface area contributed by atoms with E-state index in [1.807, 2.05) is 67.6 Å². The highest BCUT2D eigenvalue weighted by atomic mass is 19.1. The Morgan fingerprint density at radius 3 is 2.28 bits per heavy atom. The summed E-state index contributed by atoms with van der Waals surface area (Å²) < 4.78 is 20.1. The van der Waals surface area contributed by atoms with Crippen molar-refractivity contribution in [1.29, 1.82) is 0 Å². The smallest absolute Gasteiger partial charge is 0.328 e. The number of hydrogen-bond donors (Lipinski definition) is 1. The van der Waals surface area contributed by atoms with Gasteiger partial charge in [0.1, 0.15) is 11.6 Å². The topological polar surface area (TPSA) is 73.8 Å². The summed E-state index contributed by atoms with van der Waals surface area (Å²) in [6.45, 7) is 2.05. The van der Waals surface area contributed by atoms with Crippen LogP contribution in [0.3, 0.4) is 0 Å². The molecule has 0 spiro atoms. The Morgan fingerprint density at radius 2 is 1.54 bits per heavy atom. The lowest BCUT2D eigenvalue weighted by atomic mass is 10.0. The molecule has 0 saturated heterocycles. The molecule has 194 valence electrons. The van der Waals surface area contributed by atoms with Crippen LogP contribution in [0, 0.1) is 12.7 Å². The van der Waals surface area contributed by atoms with Crippen molar-refractivity contribution in [3.05, 3.63) is 106 Å². The molecule has 6 rings (SSSR count). The van der Waals surface area contributed by atoms with Gasteiger partial charge in [-0.15, -0.1) is 0 Å². The summed E-state index contributed by atoms with van der Waals surface area (Å²) in [7, 11) is 5.01. The number of fused-ring (bicyclic) bond motifs is 2. The summed E-state index contributed by atoms with van der Waals surface area (Å²) in [5.41, 5.74) is 7.56. The Bertz CT molecular complexity index is 2000. The molecule has 0 unspecified atom stereocenters. The average molecular weight is 520 g/mol. The minimum atomic E-state index is -0.583. The second-order valence-electron chi connectivity index (χ2n) is 9.64. The Kier molecular flexibility index (Phi) is 5.68. The molecule has 4 aromatic carbocycles. The van der Waals surface area contributed by atoms with Crippen molar-refractivity contribution in [2.75, 3.05) is 7.05 Å². The minimum Gasteiger partial charge on any atom is -0.355 e. The van der Waals surface area contributed by atoms with Gasteiger partial charge in [-0.25, -0.2) is 14.2 Å². The molecule has 1 amide bonds. The van der Waals surface area contributed by atoms with Gasteiger partial charge >= 0.3 is 5.69 Å². The molecule has 0 bridgehead atoms. The van der Waals surface area contributed by atoms with E-state index in [2.05, 4.69) is 9.88 Å². The fourth-order valence-corrected chi connectivity index (χ4v) is 5.17. The van der Waals surface area contributed by atoms with E-state index in [9.17, 15) is 14.0 Å². The van der Waals surface area contributed by atoms with E-state index in [1.165, 1.54) is 19.2 Å². The van der Waals surface area contributed by atoms with Crippen LogP contribution >= 0.6 is 0 Å². The summed E-state index contributed by atoms with van der Waals surface area (Å²) in [4.78, 5) is 29.5. The van der Waals surface area contributed by atoms with Crippen molar-refractivity contribution in [1.82, 2.24) is 24.0 Å². The van der Waals surface area contributed by atoms with Crippen LogP contribution in [-0.4, -0.2) is 31.6 Å². The SMILES string of the molecule is CNC(=O)c1ccc(-c2ccc3c(c2)nc(-c2ccccc2C)n3-c2ccc3c(c2)n(C)c(=O)n3C)cc1F.